The summed E-state index contributed by atoms with van der Waals surface area (Å²) in [6, 6.07) is 2.64. The molecule has 16 heavy (non-hydrogen) atoms. The molecule has 1 unspecified atom stereocenters. The van der Waals surface area contributed by atoms with Crippen LogP contribution in [0, 0.1) is 6.92 Å². The molecule has 0 saturated heterocycles. The molecule has 0 aliphatic heterocycles. The molecule has 0 aliphatic rings. The molecular weight excluding hydrogens is 200 g/mol. The lowest BCUT2D eigenvalue weighted by Crippen LogP contribution is -2.36. The Morgan fingerprint density at radius 3 is 2.81 bits per heavy atom. The fourth-order valence-corrected chi connectivity index (χ4v) is 1.73. The first-order valence-electron chi connectivity index (χ1n) is 6.14. The quantitative estimate of drug-likeness (QED) is 0.733. The third-order valence-electron chi connectivity index (χ3n) is 2.62. The van der Waals surface area contributed by atoms with Crippen LogP contribution in [0.25, 0.3) is 0 Å². The third kappa shape index (κ3) is 3.94. The van der Waals surface area contributed by atoms with Gasteiger partial charge in [-0.2, -0.15) is 5.10 Å². The molecule has 2 N–H and O–H groups in total. The van der Waals surface area contributed by atoms with E-state index in [2.05, 4.69) is 47.3 Å². The molecule has 0 fully saturated rings. The van der Waals surface area contributed by atoms with Crippen LogP contribution in [0.1, 0.15) is 32.2 Å². The fourth-order valence-electron chi connectivity index (χ4n) is 1.73. The summed E-state index contributed by atoms with van der Waals surface area (Å²) in [6.07, 6.45) is 0. The Morgan fingerprint density at radius 2 is 2.19 bits per heavy atom. The van der Waals surface area contributed by atoms with Gasteiger partial charge in [0.05, 0.1) is 11.4 Å². The maximum absolute atomic E-state index is 4.43. The van der Waals surface area contributed by atoms with Crippen molar-refractivity contribution in [3.63, 3.8) is 0 Å². The van der Waals surface area contributed by atoms with Gasteiger partial charge in [-0.15, -0.1) is 0 Å². The molecule has 4 nitrogen and oxygen atoms in total. The molecule has 1 aromatic heterocycles. The van der Waals surface area contributed by atoms with Crippen LogP contribution in [0.4, 0.5) is 0 Å². The second-order valence-corrected chi connectivity index (χ2v) is 4.18. The molecule has 0 aliphatic carbocycles. The van der Waals surface area contributed by atoms with Crippen LogP contribution in [0.15, 0.2) is 6.07 Å². The first-order chi connectivity index (χ1) is 7.67. The normalized spacial score (nSPS) is 13.0. The van der Waals surface area contributed by atoms with E-state index >= 15 is 0 Å². The second kappa shape index (κ2) is 6.66. The highest BCUT2D eigenvalue weighted by atomic mass is 15.3. The number of nitrogens with one attached hydrogen (secondary N) is 2. The van der Waals surface area contributed by atoms with Crippen LogP contribution in [0.2, 0.25) is 0 Å². The minimum Gasteiger partial charge on any atom is -0.315 e. The minimum atomic E-state index is 0.487. The Bertz CT molecular complexity index is 306. The van der Waals surface area contributed by atoms with Gasteiger partial charge in [0.2, 0.25) is 0 Å². The smallest absolute Gasteiger partial charge is 0.0597 e. The van der Waals surface area contributed by atoms with Crippen LogP contribution in [-0.4, -0.2) is 28.9 Å². The van der Waals surface area contributed by atoms with Gasteiger partial charge in [-0.1, -0.05) is 6.92 Å². The van der Waals surface area contributed by atoms with Gasteiger partial charge >= 0.3 is 0 Å². The highest BCUT2D eigenvalue weighted by molar-refractivity contribution is 5.08. The molecule has 0 saturated carbocycles. The monoisotopic (exact) mass is 224 g/mol. The van der Waals surface area contributed by atoms with Crippen molar-refractivity contribution in [3.8, 4) is 0 Å². The van der Waals surface area contributed by atoms with E-state index in [0.29, 0.717) is 6.04 Å². The van der Waals surface area contributed by atoms with Crippen LogP contribution in [0.5, 0.6) is 0 Å². The van der Waals surface area contributed by atoms with Crippen molar-refractivity contribution >= 4 is 0 Å². The van der Waals surface area contributed by atoms with Gasteiger partial charge < -0.3 is 10.6 Å². The number of hydrogen-bond acceptors (Lipinski definition) is 3. The lowest BCUT2D eigenvalue weighted by Gasteiger charge is -2.14. The lowest BCUT2D eigenvalue weighted by molar-refractivity contribution is 0.489. The predicted molar refractivity (Wildman–Crippen MR) is 67.5 cm³/mol. The number of aromatic nitrogens is 2. The largest absolute Gasteiger partial charge is 0.315 e. The van der Waals surface area contributed by atoms with Gasteiger partial charge in [-0.05, 0) is 33.4 Å². The van der Waals surface area contributed by atoms with E-state index in [-0.39, 0.29) is 0 Å². The van der Waals surface area contributed by atoms with Gasteiger partial charge in [0, 0.05) is 25.7 Å². The van der Waals surface area contributed by atoms with E-state index in [4.69, 9.17) is 0 Å². The first kappa shape index (κ1) is 13.2. The maximum atomic E-state index is 4.43. The zero-order chi connectivity index (χ0) is 12.0. The van der Waals surface area contributed by atoms with Gasteiger partial charge in [0.25, 0.3) is 0 Å². The van der Waals surface area contributed by atoms with Crippen molar-refractivity contribution in [2.45, 2.75) is 46.8 Å². The Balaban J connectivity index is 2.41. The van der Waals surface area contributed by atoms with Crippen LogP contribution in [-0.2, 0) is 13.1 Å². The van der Waals surface area contributed by atoms with Gasteiger partial charge in [0.15, 0.2) is 0 Å². The third-order valence-corrected chi connectivity index (χ3v) is 2.62. The molecule has 1 rings (SSSR count). The fraction of sp³-hybridized carbons (Fsp3) is 0.750. The summed E-state index contributed by atoms with van der Waals surface area (Å²) in [5.74, 6) is 0. The zero-order valence-corrected chi connectivity index (χ0v) is 10.9. The van der Waals surface area contributed by atoms with Crippen molar-refractivity contribution in [2.24, 2.45) is 0 Å². The molecule has 0 bridgehead atoms. The maximum Gasteiger partial charge on any atom is 0.0597 e. The van der Waals surface area contributed by atoms with E-state index in [9.17, 15) is 0 Å². The van der Waals surface area contributed by atoms with Gasteiger partial charge in [-0.3, -0.25) is 4.68 Å². The topological polar surface area (TPSA) is 41.9 Å². The van der Waals surface area contributed by atoms with Crippen LogP contribution < -0.4 is 10.6 Å². The van der Waals surface area contributed by atoms with E-state index in [1.165, 1.54) is 5.69 Å². The molecule has 0 radical (unpaired) electrons. The second-order valence-electron chi connectivity index (χ2n) is 4.18. The average Bonchev–Trinajstić information content (AvgIpc) is 2.64. The van der Waals surface area contributed by atoms with Crippen LogP contribution >= 0.6 is 0 Å². The summed E-state index contributed by atoms with van der Waals surface area (Å²) < 4.78 is 2.06. The number of rotatable bonds is 7. The minimum absolute atomic E-state index is 0.487. The molecule has 1 heterocycles. The molecular formula is C12H24N4. The predicted octanol–water partition coefficient (Wildman–Crippen LogP) is 1.30. The van der Waals surface area contributed by atoms with Crippen molar-refractivity contribution < 1.29 is 0 Å². The number of hydrogen-bond donors (Lipinski definition) is 2. The SMILES string of the molecule is CCNCC(C)NCc1cc(C)nn1CC. The summed E-state index contributed by atoms with van der Waals surface area (Å²) in [5, 5.41) is 11.3. The zero-order valence-electron chi connectivity index (χ0n) is 10.9. The molecule has 0 spiro atoms. The van der Waals surface area contributed by atoms with Crippen molar-refractivity contribution in [2.75, 3.05) is 13.1 Å². The summed E-state index contributed by atoms with van der Waals surface area (Å²) in [5.41, 5.74) is 2.36. The van der Waals surface area contributed by atoms with Gasteiger partial charge in [0.1, 0.15) is 0 Å². The van der Waals surface area contributed by atoms with E-state index < -0.39 is 0 Å². The molecule has 0 amide bonds. The highest BCUT2D eigenvalue weighted by Gasteiger charge is 2.05. The van der Waals surface area contributed by atoms with Crippen LogP contribution in [0.3, 0.4) is 0 Å². The van der Waals surface area contributed by atoms with Gasteiger partial charge in [-0.25, -0.2) is 0 Å². The number of nitrogens with zero attached hydrogens (tertiary/aromatic N) is 2. The van der Waals surface area contributed by atoms with Crippen molar-refractivity contribution in [1.82, 2.24) is 20.4 Å². The Morgan fingerprint density at radius 1 is 1.44 bits per heavy atom. The molecule has 1 atom stereocenters. The summed E-state index contributed by atoms with van der Waals surface area (Å²) in [4.78, 5) is 0. The first-order valence-corrected chi connectivity index (χ1v) is 6.14. The molecule has 92 valence electrons. The Kier molecular flexibility index (Phi) is 5.49. The Hall–Kier alpha value is -0.870. The number of aryl methyl sites for hydroxylation is 2. The summed E-state index contributed by atoms with van der Waals surface area (Å²) in [6.45, 7) is 12.3. The van der Waals surface area contributed by atoms with E-state index in [1.807, 2.05) is 6.92 Å². The average molecular weight is 224 g/mol. The lowest BCUT2D eigenvalue weighted by atomic mass is 10.3. The van der Waals surface area contributed by atoms with Crippen molar-refractivity contribution in [1.29, 1.82) is 0 Å². The number of likely N-dealkylation sites (N-methyl/N-ethyl adjacent to an activating group) is 1. The molecule has 4 heteroatoms. The summed E-state index contributed by atoms with van der Waals surface area (Å²) in [7, 11) is 0. The highest BCUT2D eigenvalue weighted by Crippen LogP contribution is 2.03. The summed E-state index contributed by atoms with van der Waals surface area (Å²) >= 11 is 0. The standard InChI is InChI=1S/C12H24N4/c1-5-13-8-11(4)14-9-12-7-10(3)15-16(12)6-2/h7,11,13-14H,5-6,8-9H2,1-4H3. The molecule has 0 aromatic carbocycles. The molecule has 1 aromatic rings. The van der Waals surface area contributed by atoms with E-state index in [0.717, 1.165) is 31.9 Å². The Labute approximate surface area is 98.4 Å². The van der Waals surface area contributed by atoms with E-state index in [1.54, 1.807) is 0 Å². The van der Waals surface area contributed by atoms with Crippen molar-refractivity contribution in [3.05, 3.63) is 17.5 Å².